The van der Waals surface area contributed by atoms with Gasteiger partial charge in [0, 0.05) is 55.2 Å². The first-order chi connectivity index (χ1) is 13.6. The van der Waals surface area contributed by atoms with Crippen molar-refractivity contribution >= 4 is 0 Å². The van der Waals surface area contributed by atoms with Gasteiger partial charge in [-0.15, -0.1) is 0 Å². The van der Waals surface area contributed by atoms with Gasteiger partial charge in [-0.1, -0.05) is 19.3 Å². The smallest absolute Gasteiger partial charge is 0.153 e. The summed E-state index contributed by atoms with van der Waals surface area (Å²) in [4.78, 5) is 7.19. The van der Waals surface area contributed by atoms with Crippen molar-refractivity contribution in [1.82, 2.24) is 29.9 Å². The lowest BCUT2D eigenvalue weighted by atomic mass is 9.89. The highest BCUT2D eigenvalue weighted by Crippen LogP contribution is 2.35. The molecule has 0 radical (unpaired) electrons. The molecule has 2 fully saturated rings. The predicted octanol–water partition coefficient (Wildman–Crippen LogP) is 3.87. The summed E-state index contributed by atoms with van der Waals surface area (Å²) in [6.07, 6.45) is 6.22. The van der Waals surface area contributed by atoms with Crippen LogP contribution in [0.1, 0.15) is 79.5 Å². The molecule has 2 aromatic heterocycles. The fourth-order valence-corrected chi connectivity index (χ4v) is 5.05. The maximum Gasteiger partial charge on any atom is 0.153 e. The number of H-pyrrole nitrogens is 1. The highest BCUT2D eigenvalue weighted by atomic mass is 19.1. The number of hydrogen-bond donors (Lipinski definition) is 1. The summed E-state index contributed by atoms with van der Waals surface area (Å²) >= 11 is 0. The molecular formula is C21H33FN6. The molecule has 0 amide bonds. The first-order valence-electron chi connectivity index (χ1n) is 10.8. The van der Waals surface area contributed by atoms with Gasteiger partial charge in [-0.25, -0.2) is 4.98 Å². The van der Waals surface area contributed by atoms with Crippen molar-refractivity contribution in [3.63, 3.8) is 0 Å². The lowest BCUT2D eigenvalue weighted by Crippen LogP contribution is -2.21. The van der Waals surface area contributed by atoms with Crippen molar-refractivity contribution in [2.75, 3.05) is 19.8 Å². The van der Waals surface area contributed by atoms with Crippen LogP contribution < -0.4 is 0 Å². The van der Waals surface area contributed by atoms with Crippen LogP contribution in [0.3, 0.4) is 0 Å². The van der Waals surface area contributed by atoms with Gasteiger partial charge in [0.2, 0.25) is 0 Å². The van der Waals surface area contributed by atoms with Crippen molar-refractivity contribution in [1.29, 1.82) is 0 Å². The van der Waals surface area contributed by atoms with E-state index in [0.29, 0.717) is 5.92 Å². The number of aryl methyl sites for hydroxylation is 2. The molecule has 0 unspecified atom stereocenters. The average molecular weight is 389 g/mol. The van der Waals surface area contributed by atoms with Crippen LogP contribution in [0.5, 0.6) is 0 Å². The van der Waals surface area contributed by atoms with Crippen molar-refractivity contribution in [2.45, 2.75) is 77.8 Å². The highest BCUT2D eigenvalue weighted by molar-refractivity contribution is 5.25. The molecule has 2 aromatic rings. The summed E-state index contributed by atoms with van der Waals surface area (Å²) in [5, 5.41) is 12.3. The summed E-state index contributed by atoms with van der Waals surface area (Å²) < 4.78 is 15.9. The molecule has 1 saturated heterocycles. The number of alkyl halides is 1. The van der Waals surface area contributed by atoms with E-state index in [2.05, 4.69) is 45.6 Å². The van der Waals surface area contributed by atoms with Gasteiger partial charge in [-0.2, -0.15) is 10.2 Å². The number of rotatable bonds is 6. The van der Waals surface area contributed by atoms with Crippen molar-refractivity contribution < 1.29 is 4.39 Å². The van der Waals surface area contributed by atoms with Gasteiger partial charge in [0.05, 0.1) is 12.4 Å². The fourth-order valence-electron chi connectivity index (χ4n) is 5.05. The Morgan fingerprint density at radius 3 is 2.61 bits per heavy atom. The molecule has 0 spiro atoms. The van der Waals surface area contributed by atoms with Crippen molar-refractivity contribution in [3.8, 4) is 0 Å². The Kier molecular flexibility index (Phi) is 5.80. The van der Waals surface area contributed by atoms with Gasteiger partial charge in [-0.05, 0) is 33.6 Å². The van der Waals surface area contributed by atoms with Crippen molar-refractivity contribution in [2.24, 2.45) is 5.92 Å². The Hall–Kier alpha value is -1.76. The first kappa shape index (κ1) is 19.6. The third kappa shape index (κ3) is 3.73. The molecule has 154 valence electrons. The summed E-state index contributed by atoms with van der Waals surface area (Å²) in [6, 6.07) is 0. The van der Waals surface area contributed by atoms with Gasteiger partial charge in [0.25, 0.3) is 0 Å². The van der Waals surface area contributed by atoms with E-state index in [1.54, 1.807) is 0 Å². The lowest BCUT2D eigenvalue weighted by Gasteiger charge is -2.18. The molecular weight excluding hydrogens is 355 g/mol. The lowest BCUT2D eigenvalue weighted by molar-refractivity contribution is 0.295. The maximum absolute atomic E-state index is 13.8. The van der Waals surface area contributed by atoms with Crippen LogP contribution in [0.4, 0.5) is 4.39 Å². The number of aromatic amines is 1. The quantitative estimate of drug-likeness (QED) is 0.816. The number of hydrogen-bond acceptors (Lipinski definition) is 4. The van der Waals surface area contributed by atoms with Gasteiger partial charge in [0.1, 0.15) is 5.82 Å². The number of nitrogens with zero attached hydrogens (tertiary/aromatic N) is 5. The monoisotopic (exact) mass is 388 g/mol. The second-order valence-electron chi connectivity index (χ2n) is 8.59. The summed E-state index contributed by atoms with van der Waals surface area (Å²) in [7, 11) is 0. The Morgan fingerprint density at radius 1 is 1.14 bits per heavy atom. The zero-order chi connectivity index (χ0) is 19.7. The molecule has 1 saturated carbocycles. The normalized spacial score (nSPS) is 24.3. The molecule has 2 atom stereocenters. The molecule has 28 heavy (non-hydrogen) atoms. The minimum atomic E-state index is -0.313. The molecule has 3 heterocycles. The highest BCUT2D eigenvalue weighted by Gasteiger charge is 2.37. The Balaban J connectivity index is 1.47. The molecule has 2 aliphatic rings. The zero-order valence-corrected chi connectivity index (χ0v) is 17.4. The van der Waals surface area contributed by atoms with E-state index >= 15 is 0 Å². The minimum Gasteiger partial charge on any atom is -0.298 e. The van der Waals surface area contributed by atoms with Crippen LogP contribution >= 0.6 is 0 Å². The third-order valence-electron chi connectivity index (χ3n) is 6.77. The molecule has 1 aliphatic heterocycles. The van der Waals surface area contributed by atoms with E-state index in [1.807, 2.05) is 0 Å². The van der Waals surface area contributed by atoms with E-state index in [9.17, 15) is 4.39 Å². The molecule has 6 nitrogen and oxygen atoms in total. The molecule has 7 heteroatoms. The third-order valence-corrected chi connectivity index (χ3v) is 6.77. The van der Waals surface area contributed by atoms with Gasteiger partial charge < -0.3 is 0 Å². The van der Waals surface area contributed by atoms with Crippen LogP contribution in [-0.4, -0.2) is 49.6 Å². The number of nitrogens with one attached hydrogen (secondary N) is 1. The average Bonchev–Trinajstić information content (AvgIpc) is 3.42. The SMILES string of the molecule is CCn1nc(C)c(CN2C[C@@H](CF)[C@H](c3nc(C4CCCCC4)n[nH]3)C2)c1C. The summed E-state index contributed by atoms with van der Waals surface area (Å²) in [5.74, 6) is 2.38. The van der Waals surface area contributed by atoms with Gasteiger partial charge >= 0.3 is 0 Å². The van der Waals surface area contributed by atoms with Crippen LogP contribution in [-0.2, 0) is 13.1 Å². The zero-order valence-electron chi connectivity index (χ0n) is 17.4. The van der Waals surface area contributed by atoms with Crippen LogP contribution in [0.25, 0.3) is 0 Å². The predicted molar refractivity (Wildman–Crippen MR) is 107 cm³/mol. The number of aromatic nitrogens is 5. The van der Waals surface area contributed by atoms with Crippen LogP contribution in [0.15, 0.2) is 0 Å². The maximum atomic E-state index is 13.8. The molecule has 4 rings (SSSR count). The Bertz CT molecular complexity index is 791. The van der Waals surface area contributed by atoms with E-state index < -0.39 is 0 Å². The number of likely N-dealkylation sites (tertiary alicyclic amines) is 1. The van der Waals surface area contributed by atoms with E-state index in [0.717, 1.165) is 43.5 Å². The standard InChI is InChI=1S/C21H33FN6/c1-4-28-15(3)18(14(2)26-28)12-27-11-17(10-22)19(13-27)21-23-20(24-25-21)16-8-6-5-7-9-16/h16-17,19H,4-13H2,1-3H3,(H,23,24,25)/t17-,19-/m1/s1. The van der Waals surface area contributed by atoms with Gasteiger partial charge in [0.15, 0.2) is 5.82 Å². The fraction of sp³-hybridized carbons (Fsp3) is 0.762. The minimum absolute atomic E-state index is 0.0195. The van der Waals surface area contributed by atoms with E-state index in [1.165, 1.54) is 43.4 Å². The molecule has 0 aromatic carbocycles. The van der Waals surface area contributed by atoms with Gasteiger partial charge in [-0.3, -0.25) is 19.1 Å². The molecule has 0 bridgehead atoms. The largest absolute Gasteiger partial charge is 0.298 e. The van der Waals surface area contributed by atoms with Crippen molar-refractivity contribution in [3.05, 3.63) is 28.6 Å². The summed E-state index contributed by atoms with van der Waals surface area (Å²) in [6.45, 7) is 9.29. The topological polar surface area (TPSA) is 62.6 Å². The Labute approximate surface area is 166 Å². The van der Waals surface area contributed by atoms with E-state index in [-0.39, 0.29) is 18.5 Å². The van der Waals surface area contributed by atoms with E-state index in [4.69, 9.17) is 4.98 Å². The molecule has 1 N–H and O–H groups in total. The Morgan fingerprint density at radius 2 is 1.93 bits per heavy atom. The first-order valence-corrected chi connectivity index (χ1v) is 10.8. The second-order valence-corrected chi connectivity index (χ2v) is 8.59. The number of halogens is 1. The van der Waals surface area contributed by atoms with Crippen LogP contribution in [0.2, 0.25) is 0 Å². The molecule has 1 aliphatic carbocycles. The summed E-state index contributed by atoms with van der Waals surface area (Å²) in [5.41, 5.74) is 3.58. The van der Waals surface area contributed by atoms with Crippen LogP contribution in [0, 0.1) is 19.8 Å². The second kappa shape index (κ2) is 8.31.